The molecule has 0 saturated carbocycles. The van der Waals surface area contributed by atoms with Crippen molar-refractivity contribution in [2.75, 3.05) is 12.0 Å². The van der Waals surface area contributed by atoms with E-state index < -0.39 is 20.1 Å². The summed E-state index contributed by atoms with van der Waals surface area (Å²) in [6.07, 6.45) is 0.842. The Morgan fingerprint density at radius 1 is 1.33 bits per heavy atom. The van der Waals surface area contributed by atoms with Gasteiger partial charge in [0.05, 0.1) is 17.7 Å². The molecule has 1 aromatic rings. The van der Waals surface area contributed by atoms with E-state index in [2.05, 4.69) is 9.28 Å². The van der Waals surface area contributed by atoms with Crippen molar-refractivity contribution in [2.45, 2.75) is 20.8 Å². The lowest BCUT2D eigenvalue weighted by Gasteiger charge is -2.09. The molecule has 0 bridgehead atoms. The second kappa shape index (κ2) is 4.88. The van der Waals surface area contributed by atoms with Gasteiger partial charge in [-0.25, -0.2) is 8.42 Å². The van der Waals surface area contributed by atoms with Crippen molar-refractivity contribution in [2.24, 2.45) is 5.92 Å². The van der Waals surface area contributed by atoms with Crippen LogP contribution in [0.4, 0.5) is 0 Å². The van der Waals surface area contributed by atoms with Gasteiger partial charge in [-0.2, -0.15) is 13.5 Å². The molecule has 0 fully saturated rings. The van der Waals surface area contributed by atoms with Crippen LogP contribution in [0.15, 0.2) is 6.07 Å². The molecule has 0 aliphatic rings. The van der Waals surface area contributed by atoms with Crippen LogP contribution in [0.25, 0.3) is 0 Å². The van der Waals surface area contributed by atoms with Crippen LogP contribution in [-0.2, 0) is 20.1 Å². The molecular formula is C9H16N2O5S2. The maximum Gasteiger partial charge on any atom is 0.307 e. The van der Waals surface area contributed by atoms with Gasteiger partial charge in [0, 0.05) is 6.07 Å². The molecule has 0 atom stereocenters. The van der Waals surface area contributed by atoms with Crippen LogP contribution in [0.1, 0.15) is 19.5 Å². The average molecular weight is 296 g/mol. The van der Waals surface area contributed by atoms with E-state index in [1.165, 1.54) is 6.07 Å². The Hall–Kier alpha value is -1.09. The first-order chi connectivity index (χ1) is 8.01. The van der Waals surface area contributed by atoms with Crippen molar-refractivity contribution in [1.82, 2.24) is 9.19 Å². The molecule has 0 spiro atoms. The van der Waals surface area contributed by atoms with Crippen molar-refractivity contribution in [3.8, 4) is 5.88 Å². The molecule has 0 aliphatic heterocycles. The molecule has 104 valence electrons. The van der Waals surface area contributed by atoms with E-state index in [0.717, 1.165) is 6.26 Å². The van der Waals surface area contributed by atoms with Gasteiger partial charge in [-0.1, -0.05) is 13.8 Å². The molecular weight excluding hydrogens is 280 g/mol. The summed E-state index contributed by atoms with van der Waals surface area (Å²) in [6.45, 7) is 5.03. The first-order valence-electron chi connectivity index (χ1n) is 5.20. The molecule has 9 heteroatoms. The first kappa shape index (κ1) is 15.0. The number of rotatable bonds is 5. The van der Waals surface area contributed by atoms with Crippen LogP contribution < -0.4 is 4.18 Å². The Morgan fingerprint density at radius 2 is 1.89 bits per heavy atom. The zero-order valence-electron chi connectivity index (χ0n) is 10.6. The summed E-state index contributed by atoms with van der Waals surface area (Å²) in [5, 5.41) is 3.76. The van der Waals surface area contributed by atoms with Gasteiger partial charge in [0.2, 0.25) is 5.88 Å². The minimum Gasteiger partial charge on any atom is -0.361 e. The SMILES string of the molecule is Cc1cc(OS(C)(=O)=O)n(S(=O)(=O)CC(C)C)n1. The van der Waals surface area contributed by atoms with Gasteiger partial charge >= 0.3 is 10.1 Å². The van der Waals surface area contributed by atoms with E-state index in [-0.39, 0.29) is 17.6 Å². The lowest BCUT2D eigenvalue weighted by atomic mass is 10.3. The highest BCUT2D eigenvalue weighted by Gasteiger charge is 2.23. The molecule has 1 aromatic heterocycles. The number of aryl methyl sites for hydroxylation is 1. The molecule has 0 unspecified atom stereocenters. The Labute approximate surface area is 107 Å². The average Bonchev–Trinajstić information content (AvgIpc) is 2.41. The second-order valence-electron chi connectivity index (χ2n) is 4.43. The van der Waals surface area contributed by atoms with Gasteiger partial charge in [0.15, 0.2) is 0 Å². The van der Waals surface area contributed by atoms with Crippen molar-refractivity contribution in [3.05, 3.63) is 11.8 Å². The molecule has 1 heterocycles. The first-order valence-corrected chi connectivity index (χ1v) is 8.63. The van der Waals surface area contributed by atoms with Gasteiger partial charge < -0.3 is 4.18 Å². The van der Waals surface area contributed by atoms with E-state index in [9.17, 15) is 16.8 Å². The third-order valence-corrected chi connectivity index (χ3v) is 4.16. The molecule has 18 heavy (non-hydrogen) atoms. The van der Waals surface area contributed by atoms with Crippen LogP contribution >= 0.6 is 0 Å². The maximum atomic E-state index is 12.0. The van der Waals surface area contributed by atoms with Crippen LogP contribution in [-0.4, -0.2) is 38.0 Å². The monoisotopic (exact) mass is 296 g/mol. The van der Waals surface area contributed by atoms with E-state index in [1.54, 1.807) is 20.8 Å². The molecule has 0 aliphatic carbocycles. The van der Waals surface area contributed by atoms with Gasteiger partial charge in [-0.15, -0.1) is 4.09 Å². The largest absolute Gasteiger partial charge is 0.361 e. The molecule has 0 amide bonds. The van der Waals surface area contributed by atoms with Crippen molar-refractivity contribution in [1.29, 1.82) is 0 Å². The second-order valence-corrected chi connectivity index (χ2v) is 7.84. The van der Waals surface area contributed by atoms with Gasteiger partial charge in [0.25, 0.3) is 10.0 Å². The number of hydrogen-bond acceptors (Lipinski definition) is 6. The van der Waals surface area contributed by atoms with Gasteiger partial charge in [0.1, 0.15) is 0 Å². The Bertz CT molecular complexity index is 628. The zero-order chi connectivity index (χ0) is 14.1. The highest BCUT2D eigenvalue weighted by molar-refractivity contribution is 7.90. The fourth-order valence-corrected chi connectivity index (χ4v) is 3.43. The summed E-state index contributed by atoms with van der Waals surface area (Å²) in [4.78, 5) is 0. The minimum absolute atomic E-state index is 0.106. The van der Waals surface area contributed by atoms with Crippen molar-refractivity contribution >= 4 is 20.1 Å². The van der Waals surface area contributed by atoms with E-state index in [0.29, 0.717) is 9.78 Å². The minimum atomic E-state index is -3.80. The number of aromatic nitrogens is 2. The summed E-state index contributed by atoms with van der Waals surface area (Å²) in [7, 11) is -7.53. The molecule has 7 nitrogen and oxygen atoms in total. The number of hydrogen-bond donors (Lipinski definition) is 0. The quantitative estimate of drug-likeness (QED) is 0.728. The standard InChI is InChI=1S/C9H16N2O5S2/c1-7(2)6-18(14,15)11-9(5-8(3)10-11)16-17(4,12)13/h5,7H,6H2,1-4H3. The summed E-state index contributed by atoms with van der Waals surface area (Å²) >= 11 is 0. The molecule has 1 rings (SSSR count). The van der Waals surface area contributed by atoms with Crippen LogP contribution in [0.5, 0.6) is 5.88 Å². The third kappa shape index (κ3) is 3.98. The predicted octanol–water partition coefficient (Wildman–Crippen LogP) is 0.364. The Kier molecular flexibility index (Phi) is 4.06. The van der Waals surface area contributed by atoms with E-state index in [1.807, 2.05) is 0 Å². The summed E-state index contributed by atoms with van der Waals surface area (Å²) in [5.41, 5.74) is 0.362. The predicted molar refractivity (Wildman–Crippen MR) is 66.5 cm³/mol. The summed E-state index contributed by atoms with van der Waals surface area (Å²) in [6, 6.07) is 1.26. The molecule has 0 aromatic carbocycles. The fraction of sp³-hybridized carbons (Fsp3) is 0.667. The zero-order valence-corrected chi connectivity index (χ0v) is 12.2. The Morgan fingerprint density at radius 3 is 2.33 bits per heavy atom. The van der Waals surface area contributed by atoms with Crippen molar-refractivity contribution in [3.63, 3.8) is 0 Å². The normalized spacial score (nSPS) is 12.9. The highest BCUT2D eigenvalue weighted by atomic mass is 32.2. The smallest absolute Gasteiger partial charge is 0.307 e. The van der Waals surface area contributed by atoms with Crippen molar-refractivity contribution < 1.29 is 21.0 Å². The maximum absolute atomic E-state index is 12.0. The van der Waals surface area contributed by atoms with E-state index in [4.69, 9.17) is 0 Å². The summed E-state index contributed by atoms with van der Waals surface area (Å²) in [5.74, 6) is -0.560. The molecule has 0 N–H and O–H groups in total. The van der Waals surface area contributed by atoms with Gasteiger partial charge in [-0.3, -0.25) is 0 Å². The third-order valence-electron chi connectivity index (χ3n) is 1.81. The van der Waals surface area contributed by atoms with Crippen LogP contribution in [0, 0.1) is 12.8 Å². The van der Waals surface area contributed by atoms with E-state index >= 15 is 0 Å². The topological polar surface area (TPSA) is 95.3 Å². The lowest BCUT2D eigenvalue weighted by molar-refractivity contribution is 0.471. The van der Waals surface area contributed by atoms with Crippen LogP contribution in [0.2, 0.25) is 0 Å². The summed E-state index contributed by atoms with van der Waals surface area (Å²) < 4.78 is 51.3. The van der Waals surface area contributed by atoms with Crippen LogP contribution in [0.3, 0.4) is 0 Å². The molecule has 0 saturated heterocycles. The molecule has 0 radical (unpaired) electrons. The Balaban J connectivity index is 3.25. The highest BCUT2D eigenvalue weighted by Crippen LogP contribution is 2.18. The fourth-order valence-electron chi connectivity index (χ4n) is 1.36. The number of nitrogens with zero attached hydrogens (tertiary/aromatic N) is 2. The van der Waals surface area contributed by atoms with Gasteiger partial charge in [-0.05, 0) is 12.8 Å². The lowest BCUT2D eigenvalue weighted by Crippen LogP contribution is -2.23.